The minimum absolute atomic E-state index is 0.267. The summed E-state index contributed by atoms with van der Waals surface area (Å²) >= 11 is 0. The molecule has 1 aliphatic carbocycles. The Hall–Kier alpha value is -0.900. The molecule has 0 aromatic carbocycles. The molecule has 4 heteroatoms. The van der Waals surface area contributed by atoms with Gasteiger partial charge in [0.1, 0.15) is 0 Å². The van der Waals surface area contributed by atoms with Gasteiger partial charge in [-0.25, -0.2) is 8.78 Å². The van der Waals surface area contributed by atoms with E-state index in [4.69, 9.17) is 5.73 Å². The molecule has 0 spiro atoms. The quantitative estimate of drug-likeness (QED) is 0.794. The van der Waals surface area contributed by atoms with Crippen molar-refractivity contribution in [3.05, 3.63) is 23.0 Å². The zero-order chi connectivity index (χ0) is 10.9. The Morgan fingerprint density at radius 3 is 2.73 bits per heavy atom. The number of H-pyrrole nitrogens is 1. The summed E-state index contributed by atoms with van der Waals surface area (Å²) in [5.74, 6) is -2.78. The summed E-state index contributed by atoms with van der Waals surface area (Å²) in [6, 6.07) is 1.87. The molecular formula is C11H16F2N2. The van der Waals surface area contributed by atoms with Crippen LogP contribution in [0.15, 0.2) is 6.07 Å². The van der Waals surface area contributed by atoms with Crippen molar-refractivity contribution in [1.29, 1.82) is 0 Å². The van der Waals surface area contributed by atoms with Crippen LogP contribution in [-0.4, -0.2) is 17.5 Å². The van der Waals surface area contributed by atoms with E-state index >= 15 is 0 Å². The van der Waals surface area contributed by atoms with Crippen LogP contribution in [0, 0.1) is 0 Å². The first-order valence-corrected chi connectivity index (χ1v) is 5.38. The van der Waals surface area contributed by atoms with Crippen LogP contribution in [0.2, 0.25) is 0 Å². The maximum absolute atomic E-state index is 13.1. The second-order valence-corrected chi connectivity index (χ2v) is 4.24. The average molecular weight is 214 g/mol. The van der Waals surface area contributed by atoms with Gasteiger partial charge in [-0.2, -0.15) is 0 Å². The molecule has 1 aromatic heterocycles. The standard InChI is InChI=1S/C11H16F2N2/c12-11(13,7-14)6-9-5-8-3-1-2-4-10(8)15-9/h5,15H,1-4,6-7,14H2. The second-order valence-electron chi connectivity index (χ2n) is 4.24. The van der Waals surface area contributed by atoms with E-state index in [9.17, 15) is 8.78 Å². The third-order valence-electron chi connectivity index (χ3n) is 2.92. The summed E-state index contributed by atoms with van der Waals surface area (Å²) in [6.07, 6.45) is 4.05. The number of aromatic nitrogens is 1. The highest BCUT2D eigenvalue weighted by Gasteiger charge is 2.28. The predicted molar refractivity (Wildman–Crippen MR) is 55.1 cm³/mol. The molecule has 0 atom stereocenters. The van der Waals surface area contributed by atoms with Gasteiger partial charge in [-0.3, -0.25) is 0 Å². The van der Waals surface area contributed by atoms with E-state index in [0.717, 1.165) is 31.4 Å². The molecule has 0 fully saturated rings. The van der Waals surface area contributed by atoms with Crippen LogP contribution < -0.4 is 5.73 Å². The smallest absolute Gasteiger partial charge is 0.265 e. The largest absolute Gasteiger partial charge is 0.362 e. The Morgan fingerprint density at radius 1 is 1.33 bits per heavy atom. The number of hydrogen-bond acceptors (Lipinski definition) is 1. The molecule has 3 N–H and O–H groups in total. The van der Waals surface area contributed by atoms with Gasteiger partial charge in [0.05, 0.1) is 13.0 Å². The number of rotatable bonds is 3. The minimum Gasteiger partial charge on any atom is -0.362 e. The van der Waals surface area contributed by atoms with E-state index < -0.39 is 12.5 Å². The highest BCUT2D eigenvalue weighted by molar-refractivity contribution is 5.28. The van der Waals surface area contributed by atoms with Gasteiger partial charge < -0.3 is 10.7 Å². The number of aromatic amines is 1. The van der Waals surface area contributed by atoms with Crippen LogP contribution in [-0.2, 0) is 19.3 Å². The summed E-state index contributed by atoms with van der Waals surface area (Å²) in [5.41, 5.74) is 7.99. The van der Waals surface area contributed by atoms with Crippen LogP contribution in [0.1, 0.15) is 29.8 Å². The fourth-order valence-electron chi connectivity index (χ4n) is 2.12. The number of alkyl halides is 2. The minimum atomic E-state index is -2.78. The number of halogens is 2. The summed E-state index contributed by atoms with van der Waals surface area (Å²) < 4.78 is 26.1. The number of aryl methyl sites for hydroxylation is 2. The van der Waals surface area contributed by atoms with Crippen LogP contribution in [0.25, 0.3) is 0 Å². The topological polar surface area (TPSA) is 41.8 Å². The Bertz CT molecular complexity index is 321. The average Bonchev–Trinajstić information content (AvgIpc) is 2.58. The molecule has 0 unspecified atom stereocenters. The van der Waals surface area contributed by atoms with Crippen LogP contribution in [0.5, 0.6) is 0 Å². The van der Waals surface area contributed by atoms with Crippen molar-refractivity contribution >= 4 is 0 Å². The lowest BCUT2D eigenvalue weighted by molar-refractivity contribution is 0.0106. The van der Waals surface area contributed by atoms with E-state index in [1.165, 1.54) is 5.56 Å². The predicted octanol–water partition coefficient (Wildman–Crippen LogP) is 2.03. The molecule has 2 nitrogen and oxygen atoms in total. The fraction of sp³-hybridized carbons (Fsp3) is 0.636. The first-order chi connectivity index (χ1) is 7.11. The van der Waals surface area contributed by atoms with Gasteiger partial charge in [-0.05, 0) is 37.3 Å². The van der Waals surface area contributed by atoms with Gasteiger partial charge >= 0.3 is 0 Å². The van der Waals surface area contributed by atoms with Crippen molar-refractivity contribution in [3.63, 3.8) is 0 Å². The van der Waals surface area contributed by atoms with Gasteiger partial charge in [-0.15, -0.1) is 0 Å². The Kier molecular flexibility index (Phi) is 2.78. The molecule has 2 rings (SSSR count). The molecule has 1 heterocycles. The molecule has 0 saturated heterocycles. The van der Waals surface area contributed by atoms with Gasteiger partial charge in [0, 0.05) is 11.4 Å². The summed E-state index contributed by atoms with van der Waals surface area (Å²) in [6.45, 7) is -0.587. The molecular weight excluding hydrogens is 198 g/mol. The molecule has 84 valence electrons. The molecule has 0 bridgehead atoms. The number of fused-ring (bicyclic) bond motifs is 1. The van der Waals surface area contributed by atoms with E-state index in [1.54, 1.807) is 0 Å². The van der Waals surface area contributed by atoms with Gasteiger partial charge in [0.25, 0.3) is 5.92 Å². The highest BCUT2D eigenvalue weighted by atomic mass is 19.3. The van der Waals surface area contributed by atoms with Crippen molar-refractivity contribution in [1.82, 2.24) is 4.98 Å². The highest BCUT2D eigenvalue weighted by Crippen LogP contribution is 2.25. The maximum atomic E-state index is 13.1. The fourth-order valence-corrected chi connectivity index (χ4v) is 2.12. The van der Waals surface area contributed by atoms with Crippen molar-refractivity contribution in [2.75, 3.05) is 6.54 Å². The lowest BCUT2D eigenvalue weighted by Crippen LogP contribution is -2.30. The SMILES string of the molecule is NCC(F)(F)Cc1cc2c([nH]1)CCCC2. The van der Waals surface area contributed by atoms with Gasteiger partial charge in [-0.1, -0.05) is 0 Å². The Labute approximate surface area is 87.9 Å². The Morgan fingerprint density at radius 2 is 2.07 bits per heavy atom. The molecule has 15 heavy (non-hydrogen) atoms. The van der Waals surface area contributed by atoms with Crippen LogP contribution in [0.4, 0.5) is 8.78 Å². The summed E-state index contributed by atoms with van der Waals surface area (Å²) in [7, 11) is 0. The monoisotopic (exact) mass is 214 g/mol. The summed E-state index contributed by atoms with van der Waals surface area (Å²) in [5, 5.41) is 0. The lowest BCUT2D eigenvalue weighted by atomic mass is 9.98. The zero-order valence-electron chi connectivity index (χ0n) is 8.65. The molecule has 0 saturated carbocycles. The molecule has 0 radical (unpaired) electrons. The second kappa shape index (κ2) is 3.93. The zero-order valence-corrected chi connectivity index (χ0v) is 8.65. The van der Waals surface area contributed by atoms with Crippen LogP contribution >= 0.6 is 0 Å². The molecule has 0 amide bonds. The lowest BCUT2D eigenvalue weighted by Gasteiger charge is -2.12. The number of nitrogens with one attached hydrogen (secondary N) is 1. The van der Waals surface area contributed by atoms with Crippen molar-refractivity contribution in [3.8, 4) is 0 Å². The number of nitrogens with two attached hydrogens (primary N) is 1. The maximum Gasteiger partial charge on any atom is 0.265 e. The van der Waals surface area contributed by atoms with E-state index in [1.807, 2.05) is 6.07 Å². The Balaban J connectivity index is 2.13. The van der Waals surface area contributed by atoms with Crippen molar-refractivity contribution < 1.29 is 8.78 Å². The summed E-state index contributed by atoms with van der Waals surface area (Å²) in [4.78, 5) is 3.09. The third kappa shape index (κ3) is 2.37. The van der Waals surface area contributed by atoms with E-state index in [0.29, 0.717) is 5.69 Å². The van der Waals surface area contributed by atoms with E-state index in [-0.39, 0.29) is 6.42 Å². The number of hydrogen-bond donors (Lipinski definition) is 2. The van der Waals surface area contributed by atoms with Crippen molar-refractivity contribution in [2.24, 2.45) is 5.73 Å². The van der Waals surface area contributed by atoms with Gasteiger partial charge in [0.15, 0.2) is 0 Å². The molecule has 1 aromatic rings. The first kappa shape index (κ1) is 10.6. The molecule has 0 aliphatic heterocycles. The van der Waals surface area contributed by atoms with Crippen molar-refractivity contribution in [2.45, 2.75) is 38.0 Å². The molecule has 1 aliphatic rings. The first-order valence-electron chi connectivity index (χ1n) is 5.38. The van der Waals surface area contributed by atoms with Crippen LogP contribution in [0.3, 0.4) is 0 Å². The van der Waals surface area contributed by atoms with Gasteiger partial charge in [0.2, 0.25) is 0 Å². The normalized spacial score (nSPS) is 16.5. The third-order valence-corrected chi connectivity index (χ3v) is 2.92. The van der Waals surface area contributed by atoms with E-state index in [2.05, 4.69) is 4.98 Å².